The molecule has 0 radical (unpaired) electrons. The number of amides is 1. The van der Waals surface area contributed by atoms with Crippen molar-refractivity contribution in [1.82, 2.24) is 4.68 Å². The molecule has 2 rings (SSSR count). The molecule has 5 nitrogen and oxygen atoms in total. The van der Waals surface area contributed by atoms with Crippen molar-refractivity contribution in [2.75, 3.05) is 5.43 Å². The Morgan fingerprint density at radius 1 is 1.11 bits per heavy atom. The molecular weight excluding hydrogens is 244 g/mol. The minimum Gasteiger partial charge on any atom is -0.477 e. The molecule has 1 heterocycles. The van der Waals surface area contributed by atoms with E-state index in [-0.39, 0.29) is 11.6 Å². The number of hydrogen-bond donors (Lipinski definition) is 2. The Hall–Kier alpha value is -2.56. The van der Waals surface area contributed by atoms with Gasteiger partial charge in [0.15, 0.2) is 0 Å². The summed E-state index contributed by atoms with van der Waals surface area (Å²) in [6.07, 6.45) is 2.43. The number of rotatable bonds is 5. The maximum absolute atomic E-state index is 11.7. The minimum absolute atomic E-state index is 0.0352. The van der Waals surface area contributed by atoms with E-state index in [1.807, 2.05) is 30.3 Å². The van der Waals surface area contributed by atoms with E-state index >= 15 is 0 Å². The van der Waals surface area contributed by atoms with Crippen molar-refractivity contribution in [3.63, 3.8) is 0 Å². The topological polar surface area (TPSA) is 71.3 Å². The molecule has 0 unspecified atom stereocenters. The second-order valence-electron chi connectivity index (χ2n) is 4.09. The number of carboxylic acid groups (broad SMARTS) is 1. The Morgan fingerprint density at radius 3 is 2.53 bits per heavy atom. The van der Waals surface area contributed by atoms with E-state index in [2.05, 4.69) is 5.43 Å². The van der Waals surface area contributed by atoms with Gasteiger partial charge in [0.05, 0.1) is 0 Å². The van der Waals surface area contributed by atoms with Gasteiger partial charge in [0.2, 0.25) is 5.91 Å². The van der Waals surface area contributed by atoms with Crippen LogP contribution in [0.4, 0.5) is 0 Å². The summed E-state index contributed by atoms with van der Waals surface area (Å²) < 4.78 is 1.22. The third-order valence-electron chi connectivity index (χ3n) is 2.70. The third kappa shape index (κ3) is 3.45. The first kappa shape index (κ1) is 12.9. The van der Waals surface area contributed by atoms with Crippen molar-refractivity contribution in [3.05, 3.63) is 59.9 Å². The van der Waals surface area contributed by atoms with E-state index in [9.17, 15) is 9.59 Å². The summed E-state index contributed by atoms with van der Waals surface area (Å²) in [5, 5.41) is 8.90. The zero-order valence-electron chi connectivity index (χ0n) is 10.2. The van der Waals surface area contributed by atoms with Crippen LogP contribution in [0.25, 0.3) is 0 Å². The summed E-state index contributed by atoms with van der Waals surface area (Å²) in [5.74, 6) is -1.30. The summed E-state index contributed by atoms with van der Waals surface area (Å²) >= 11 is 0. The van der Waals surface area contributed by atoms with Crippen molar-refractivity contribution >= 4 is 11.9 Å². The van der Waals surface area contributed by atoms with Gasteiger partial charge >= 0.3 is 5.97 Å². The number of aryl methyl sites for hydroxylation is 1. The van der Waals surface area contributed by atoms with E-state index in [0.717, 1.165) is 5.56 Å². The van der Waals surface area contributed by atoms with Gasteiger partial charge in [-0.15, -0.1) is 0 Å². The van der Waals surface area contributed by atoms with E-state index in [1.54, 1.807) is 6.07 Å². The number of hydrogen-bond acceptors (Lipinski definition) is 2. The van der Waals surface area contributed by atoms with E-state index in [4.69, 9.17) is 5.11 Å². The normalized spacial score (nSPS) is 10.1. The third-order valence-corrected chi connectivity index (χ3v) is 2.70. The van der Waals surface area contributed by atoms with Crippen molar-refractivity contribution in [1.29, 1.82) is 0 Å². The molecule has 5 heteroatoms. The lowest BCUT2D eigenvalue weighted by Gasteiger charge is -2.08. The summed E-state index contributed by atoms with van der Waals surface area (Å²) in [4.78, 5) is 22.6. The zero-order valence-corrected chi connectivity index (χ0v) is 10.2. The van der Waals surface area contributed by atoms with Gasteiger partial charge in [0.1, 0.15) is 5.69 Å². The lowest BCUT2D eigenvalue weighted by molar-refractivity contribution is -0.117. The SMILES string of the molecule is O=C(CCc1ccccc1)Nn1cccc1C(=O)O. The summed E-state index contributed by atoms with van der Waals surface area (Å²) in [7, 11) is 0. The average Bonchev–Trinajstić information content (AvgIpc) is 2.86. The number of aromatic carboxylic acids is 1. The number of benzene rings is 1. The predicted octanol–water partition coefficient (Wildman–Crippen LogP) is 1.89. The van der Waals surface area contributed by atoms with Crippen molar-refractivity contribution in [2.24, 2.45) is 0 Å². The largest absolute Gasteiger partial charge is 0.477 e. The Bertz CT molecular complexity index is 575. The van der Waals surface area contributed by atoms with Gasteiger partial charge in [0.25, 0.3) is 0 Å². The van der Waals surface area contributed by atoms with Gasteiger partial charge in [0, 0.05) is 12.6 Å². The summed E-state index contributed by atoms with van der Waals surface area (Å²) in [6, 6.07) is 12.7. The minimum atomic E-state index is -1.08. The summed E-state index contributed by atoms with van der Waals surface area (Å²) in [5.41, 5.74) is 3.65. The molecule has 0 aliphatic carbocycles. The smallest absolute Gasteiger partial charge is 0.354 e. The van der Waals surface area contributed by atoms with Gasteiger partial charge in [-0.3, -0.25) is 14.9 Å². The molecule has 0 saturated heterocycles. The van der Waals surface area contributed by atoms with E-state index < -0.39 is 5.97 Å². The fraction of sp³-hybridized carbons (Fsp3) is 0.143. The van der Waals surface area contributed by atoms with Crippen LogP contribution in [-0.4, -0.2) is 21.7 Å². The molecule has 19 heavy (non-hydrogen) atoms. The van der Waals surface area contributed by atoms with E-state index in [0.29, 0.717) is 12.8 Å². The Labute approximate surface area is 110 Å². The Kier molecular flexibility index (Phi) is 3.97. The Balaban J connectivity index is 1.91. The quantitative estimate of drug-likeness (QED) is 0.860. The molecule has 0 spiro atoms. The van der Waals surface area contributed by atoms with Crippen LogP contribution in [0, 0.1) is 0 Å². The molecule has 0 aliphatic rings. The van der Waals surface area contributed by atoms with Crippen LogP contribution in [0.15, 0.2) is 48.7 Å². The number of aromatic nitrogens is 1. The maximum Gasteiger partial charge on any atom is 0.354 e. The number of carbonyl (C=O) groups is 2. The molecule has 98 valence electrons. The molecular formula is C14H14N2O3. The predicted molar refractivity (Wildman–Crippen MR) is 70.5 cm³/mol. The molecule has 0 atom stereocenters. The maximum atomic E-state index is 11.7. The lowest BCUT2D eigenvalue weighted by atomic mass is 10.1. The number of carboxylic acids is 1. The van der Waals surface area contributed by atoms with Crippen molar-refractivity contribution < 1.29 is 14.7 Å². The highest BCUT2D eigenvalue weighted by Gasteiger charge is 2.10. The molecule has 1 aromatic heterocycles. The lowest BCUT2D eigenvalue weighted by Crippen LogP contribution is -2.25. The fourth-order valence-corrected chi connectivity index (χ4v) is 1.75. The van der Waals surface area contributed by atoms with Crippen LogP contribution < -0.4 is 5.43 Å². The second kappa shape index (κ2) is 5.86. The molecule has 0 aliphatic heterocycles. The highest BCUT2D eigenvalue weighted by atomic mass is 16.4. The van der Waals surface area contributed by atoms with Gasteiger partial charge in [-0.2, -0.15) is 0 Å². The highest BCUT2D eigenvalue weighted by molar-refractivity contribution is 5.89. The fourth-order valence-electron chi connectivity index (χ4n) is 1.75. The van der Waals surface area contributed by atoms with Crippen molar-refractivity contribution in [3.8, 4) is 0 Å². The molecule has 0 bridgehead atoms. The van der Waals surface area contributed by atoms with Gasteiger partial charge in [-0.1, -0.05) is 30.3 Å². The molecule has 2 aromatic rings. The van der Waals surface area contributed by atoms with Gasteiger partial charge < -0.3 is 5.11 Å². The molecule has 2 N–H and O–H groups in total. The van der Waals surface area contributed by atoms with Crippen LogP contribution >= 0.6 is 0 Å². The average molecular weight is 258 g/mol. The van der Waals surface area contributed by atoms with Gasteiger partial charge in [-0.25, -0.2) is 4.79 Å². The molecule has 0 fully saturated rings. The Morgan fingerprint density at radius 2 is 1.84 bits per heavy atom. The van der Waals surface area contributed by atoms with Crippen LogP contribution in [0.2, 0.25) is 0 Å². The van der Waals surface area contributed by atoms with E-state index in [1.165, 1.54) is 16.9 Å². The molecule has 1 amide bonds. The number of nitrogens with one attached hydrogen (secondary N) is 1. The van der Waals surface area contributed by atoms with Crippen LogP contribution in [0.3, 0.4) is 0 Å². The standard InChI is InChI=1S/C14H14N2O3/c17-13(9-8-11-5-2-1-3-6-11)15-16-10-4-7-12(16)14(18)19/h1-7,10H,8-9H2,(H,15,17)(H,18,19). The van der Waals surface area contributed by atoms with Crippen LogP contribution in [0.1, 0.15) is 22.5 Å². The summed E-state index contributed by atoms with van der Waals surface area (Å²) in [6.45, 7) is 0. The zero-order chi connectivity index (χ0) is 13.7. The second-order valence-corrected chi connectivity index (χ2v) is 4.09. The number of carbonyl (C=O) groups excluding carboxylic acids is 1. The monoisotopic (exact) mass is 258 g/mol. The first-order valence-corrected chi connectivity index (χ1v) is 5.91. The highest BCUT2D eigenvalue weighted by Crippen LogP contribution is 2.04. The number of nitrogens with zero attached hydrogens (tertiary/aromatic N) is 1. The molecule has 0 saturated carbocycles. The van der Waals surface area contributed by atoms with Crippen LogP contribution in [-0.2, 0) is 11.2 Å². The molecule has 1 aromatic carbocycles. The van der Waals surface area contributed by atoms with Crippen LogP contribution in [0.5, 0.6) is 0 Å². The van der Waals surface area contributed by atoms with Crippen molar-refractivity contribution in [2.45, 2.75) is 12.8 Å². The first-order valence-electron chi connectivity index (χ1n) is 5.91. The van der Waals surface area contributed by atoms with Gasteiger partial charge in [-0.05, 0) is 24.1 Å². The first-order chi connectivity index (χ1) is 9.16.